The number of nitrogens with two attached hydrogens (primary N) is 1. The lowest BCUT2D eigenvalue weighted by atomic mass is 9.83. The van der Waals surface area contributed by atoms with Crippen molar-refractivity contribution in [2.45, 2.75) is 56.5 Å². The first kappa shape index (κ1) is 15.5. The van der Waals surface area contributed by atoms with Crippen molar-refractivity contribution in [1.82, 2.24) is 15.1 Å². The van der Waals surface area contributed by atoms with E-state index >= 15 is 0 Å². The maximum atomic E-state index is 11.2. The van der Waals surface area contributed by atoms with Crippen molar-refractivity contribution >= 4 is 5.91 Å². The Hall–Kier alpha value is -1.40. The number of hydrogen-bond acceptors (Lipinski definition) is 4. The molecule has 1 aliphatic carbocycles. The lowest BCUT2D eigenvalue weighted by Gasteiger charge is -2.40. The molecule has 6 nitrogen and oxygen atoms in total. The lowest BCUT2D eigenvalue weighted by molar-refractivity contribution is -0.0314. The number of nitrogens with zero attached hydrogens (tertiary/aromatic N) is 2. The molecule has 1 atom stereocenters. The smallest absolute Gasteiger partial charge is 0.269 e. The van der Waals surface area contributed by atoms with Crippen LogP contribution in [0.1, 0.15) is 67.0 Å². The summed E-state index contributed by atoms with van der Waals surface area (Å²) in [6, 6.07) is 1.77. The number of nitrogens with one attached hydrogen (secondary N) is 1. The van der Waals surface area contributed by atoms with Crippen LogP contribution in [0.5, 0.6) is 0 Å². The van der Waals surface area contributed by atoms with Gasteiger partial charge >= 0.3 is 0 Å². The van der Waals surface area contributed by atoms with Crippen LogP contribution in [0.25, 0.3) is 0 Å². The number of aromatic amines is 1. The number of rotatable bonds is 4. The predicted molar refractivity (Wildman–Crippen MR) is 83.6 cm³/mol. The molecule has 0 aromatic carbocycles. The first-order chi connectivity index (χ1) is 10.6. The molecule has 1 aromatic heterocycles. The van der Waals surface area contributed by atoms with Gasteiger partial charge in [-0.15, -0.1) is 0 Å². The first-order valence-electron chi connectivity index (χ1n) is 8.36. The summed E-state index contributed by atoms with van der Waals surface area (Å²) in [5.41, 5.74) is 6.04. The number of hydrogen-bond donors (Lipinski definition) is 3. The highest BCUT2D eigenvalue weighted by Gasteiger charge is 2.33. The van der Waals surface area contributed by atoms with E-state index in [4.69, 9.17) is 5.73 Å². The van der Waals surface area contributed by atoms with Crippen LogP contribution in [0.15, 0.2) is 6.07 Å². The van der Waals surface area contributed by atoms with E-state index in [1.54, 1.807) is 6.07 Å². The summed E-state index contributed by atoms with van der Waals surface area (Å²) >= 11 is 0. The van der Waals surface area contributed by atoms with Crippen molar-refractivity contribution in [3.05, 3.63) is 17.5 Å². The van der Waals surface area contributed by atoms with E-state index in [1.807, 2.05) is 0 Å². The van der Waals surface area contributed by atoms with Gasteiger partial charge in [0.15, 0.2) is 0 Å². The first-order valence-corrected chi connectivity index (χ1v) is 8.36. The summed E-state index contributed by atoms with van der Waals surface area (Å²) < 4.78 is 0. The molecule has 22 heavy (non-hydrogen) atoms. The summed E-state index contributed by atoms with van der Waals surface area (Å²) in [5, 5.41) is 17.7. The zero-order valence-electron chi connectivity index (χ0n) is 13.1. The standard InChI is InChI=1S/C16H26N4O2/c17-15(21)14-9-13(18-19-14)12-5-4-8-20(10-12)11-16(22)6-2-1-3-7-16/h9,12,22H,1-8,10-11H2,(H2,17,21)(H,18,19)/t12-/m0/s1. The lowest BCUT2D eigenvalue weighted by Crippen LogP contribution is -2.47. The van der Waals surface area contributed by atoms with Gasteiger partial charge in [0.2, 0.25) is 0 Å². The molecular formula is C16H26N4O2. The van der Waals surface area contributed by atoms with E-state index in [1.165, 1.54) is 6.42 Å². The highest BCUT2D eigenvalue weighted by atomic mass is 16.3. The zero-order valence-corrected chi connectivity index (χ0v) is 13.1. The van der Waals surface area contributed by atoms with Crippen molar-refractivity contribution in [2.75, 3.05) is 19.6 Å². The van der Waals surface area contributed by atoms with Gasteiger partial charge in [0.1, 0.15) is 5.69 Å². The molecule has 3 rings (SSSR count). The SMILES string of the molecule is NC(=O)c1cc([C@H]2CCCN(CC3(O)CCCCC3)C2)[nH]n1. The number of primary amides is 1. The Kier molecular flexibility index (Phi) is 4.49. The number of carbonyl (C=O) groups excluding carboxylic acids is 1. The van der Waals surface area contributed by atoms with Crippen LogP contribution in [-0.4, -0.2) is 51.3 Å². The third-order valence-electron chi connectivity index (χ3n) is 5.10. The maximum Gasteiger partial charge on any atom is 0.269 e. The average Bonchev–Trinajstić information content (AvgIpc) is 2.98. The van der Waals surface area contributed by atoms with Crippen LogP contribution in [0.3, 0.4) is 0 Å². The highest BCUT2D eigenvalue weighted by molar-refractivity contribution is 5.90. The van der Waals surface area contributed by atoms with Crippen LogP contribution in [0, 0.1) is 0 Å². The Morgan fingerprint density at radius 1 is 1.41 bits per heavy atom. The quantitative estimate of drug-likeness (QED) is 0.783. The number of likely N-dealkylation sites (tertiary alicyclic amines) is 1. The second-order valence-electron chi connectivity index (χ2n) is 6.93. The molecule has 2 fully saturated rings. The van der Waals surface area contributed by atoms with E-state index in [0.29, 0.717) is 11.6 Å². The van der Waals surface area contributed by atoms with Crippen molar-refractivity contribution in [3.63, 3.8) is 0 Å². The van der Waals surface area contributed by atoms with E-state index < -0.39 is 11.5 Å². The van der Waals surface area contributed by atoms with Gasteiger partial charge in [0, 0.05) is 24.7 Å². The van der Waals surface area contributed by atoms with Gasteiger partial charge in [-0.3, -0.25) is 14.8 Å². The summed E-state index contributed by atoms with van der Waals surface area (Å²) in [4.78, 5) is 13.5. The molecule has 2 heterocycles. The molecule has 2 aliphatic rings. The largest absolute Gasteiger partial charge is 0.389 e. The van der Waals surface area contributed by atoms with Gasteiger partial charge in [-0.05, 0) is 38.3 Å². The minimum atomic E-state index is -0.507. The minimum Gasteiger partial charge on any atom is -0.389 e. The monoisotopic (exact) mass is 306 g/mol. The van der Waals surface area contributed by atoms with Crippen molar-refractivity contribution in [2.24, 2.45) is 5.73 Å². The minimum absolute atomic E-state index is 0.304. The second-order valence-corrected chi connectivity index (χ2v) is 6.93. The molecule has 122 valence electrons. The van der Waals surface area contributed by atoms with Crippen LogP contribution >= 0.6 is 0 Å². The summed E-state index contributed by atoms with van der Waals surface area (Å²) in [5.74, 6) is -0.159. The van der Waals surface area contributed by atoms with Gasteiger partial charge < -0.3 is 10.8 Å². The van der Waals surface area contributed by atoms with Crippen LogP contribution in [-0.2, 0) is 0 Å². The fraction of sp³-hybridized carbons (Fsp3) is 0.750. The molecule has 1 saturated carbocycles. The summed E-state index contributed by atoms with van der Waals surface area (Å²) in [6.45, 7) is 2.71. The fourth-order valence-electron chi connectivity index (χ4n) is 3.91. The molecule has 1 saturated heterocycles. The van der Waals surface area contributed by atoms with Crippen LogP contribution < -0.4 is 5.73 Å². The molecule has 0 radical (unpaired) electrons. The van der Waals surface area contributed by atoms with Gasteiger partial charge in [-0.2, -0.15) is 5.10 Å². The predicted octanol–water partition coefficient (Wildman–Crippen LogP) is 1.38. The molecule has 1 amide bonds. The van der Waals surface area contributed by atoms with E-state index in [9.17, 15) is 9.90 Å². The van der Waals surface area contributed by atoms with E-state index in [-0.39, 0.29) is 0 Å². The van der Waals surface area contributed by atoms with Crippen molar-refractivity contribution in [1.29, 1.82) is 0 Å². The summed E-state index contributed by atoms with van der Waals surface area (Å²) in [6.07, 6.45) is 7.54. The number of amides is 1. The molecule has 0 spiro atoms. The molecule has 0 bridgehead atoms. The number of β-amino-alcohol motifs (C(OH)–C–C–N with tert-alkyl or cyclic N) is 1. The average molecular weight is 306 g/mol. The molecule has 4 N–H and O–H groups in total. The number of H-pyrrole nitrogens is 1. The van der Waals surface area contributed by atoms with Gasteiger partial charge in [0.25, 0.3) is 5.91 Å². The Labute approximate surface area is 131 Å². The molecule has 0 unspecified atom stereocenters. The topological polar surface area (TPSA) is 95.2 Å². The Balaban J connectivity index is 1.62. The fourth-order valence-corrected chi connectivity index (χ4v) is 3.91. The number of aliphatic hydroxyl groups is 1. The van der Waals surface area contributed by atoms with E-state index in [0.717, 1.165) is 63.9 Å². The van der Waals surface area contributed by atoms with Gasteiger partial charge in [0.05, 0.1) is 5.60 Å². The third kappa shape index (κ3) is 3.50. The zero-order chi connectivity index (χ0) is 15.6. The van der Waals surface area contributed by atoms with Crippen LogP contribution in [0.2, 0.25) is 0 Å². The number of carbonyl (C=O) groups is 1. The van der Waals surface area contributed by atoms with Crippen LogP contribution in [0.4, 0.5) is 0 Å². The second kappa shape index (κ2) is 6.38. The molecule has 1 aliphatic heterocycles. The molecular weight excluding hydrogens is 280 g/mol. The number of aromatic nitrogens is 2. The highest BCUT2D eigenvalue weighted by Crippen LogP contribution is 2.32. The maximum absolute atomic E-state index is 11.2. The van der Waals surface area contributed by atoms with Crippen molar-refractivity contribution < 1.29 is 9.90 Å². The van der Waals surface area contributed by atoms with Crippen molar-refractivity contribution in [3.8, 4) is 0 Å². The molecule has 1 aromatic rings. The Bertz CT molecular complexity index is 522. The third-order valence-corrected chi connectivity index (χ3v) is 5.10. The number of piperidine rings is 1. The van der Waals surface area contributed by atoms with E-state index in [2.05, 4.69) is 15.1 Å². The Morgan fingerprint density at radius 3 is 2.86 bits per heavy atom. The molecule has 6 heteroatoms. The van der Waals surface area contributed by atoms with Gasteiger partial charge in [-0.25, -0.2) is 0 Å². The normalized spacial score (nSPS) is 26.0. The Morgan fingerprint density at radius 2 is 2.18 bits per heavy atom. The van der Waals surface area contributed by atoms with Gasteiger partial charge in [-0.1, -0.05) is 19.3 Å². The summed E-state index contributed by atoms with van der Waals surface area (Å²) in [7, 11) is 0.